The first-order valence-corrected chi connectivity index (χ1v) is 11.6. The maximum Gasteiger partial charge on any atom is 0.250 e. The summed E-state index contributed by atoms with van der Waals surface area (Å²) in [6.07, 6.45) is 5.18. The van der Waals surface area contributed by atoms with E-state index in [0.29, 0.717) is 6.61 Å². The molecule has 0 bridgehead atoms. The molecule has 1 aromatic carbocycles. The fourth-order valence-corrected chi connectivity index (χ4v) is 2.93. The van der Waals surface area contributed by atoms with E-state index in [9.17, 15) is 0 Å². The Labute approximate surface area is 143 Å². The number of unbranched alkanes of at least 4 members (excludes halogenated alkanes) is 4. The zero-order chi connectivity index (χ0) is 17.3. The largest absolute Gasteiger partial charge is 0.544 e. The second kappa shape index (κ2) is 9.15. The molecule has 1 N–H and O–H groups in total. The van der Waals surface area contributed by atoms with Crippen LogP contribution in [0.5, 0.6) is 5.75 Å². The van der Waals surface area contributed by atoms with Crippen molar-refractivity contribution in [3.8, 4) is 17.6 Å². The second-order valence-electron chi connectivity index (χ2n) is 7.58. The fourth-order valence-electron chi connectivity index (χ4n) is 1.90. The lowest BCUT2D eigenvalue weighted by Crippen LogP contribution is -2.43. The predicted molar refractivity (Wildman–Crippen MR) is 101 cm³/mol. The SMILES string of the molecule is CC(C)(C)[Si](C)(C)Oc1ccc(C#CCCCCCCO)cc1. The van der Waals surface area contributed by atoms with Crippen LogP contribution in [0.15, 0.2) is 24.3 Å². The van der Waals surface area contributed by atoms with Crippen LogP contribution in [-0.4, -0.2) is 20.0 Å². The third-order valence-corrected chi connectivity index (χ3v) is 8.83. The van der Waals surface area contributed by atoms with E-state index in [-0.39, 0.29) is 5.04 Å². The van der Waals surface area contributed by atoms with Crippen molar-refractivity contribution in [2.75, 3.05) is 6.61 Å². The Morgan fingerprint density at radius 1 is 1.00 bits per heavy atom. The summed E-state index contributed by atoms with van der Waals surface area (Å²) in [6.45, 7) is 11.6. The molecule has 0 unspecified atom stereocenters. The third kappa shape index (κ3) is 7.24. The summed E-state index contributed by atoms with van der Waals surface area (Å²) in [4.78, 5) is 0. The van der Waals surface area contributed by atoms with Gasteiger partial charge in [-0.05, 0) is 55.2 Å². The highest BCUT2D eigenvalue weighted by molar-refractivity contribution is 6.74. The normalized spacial score (nSPS) is 11.7. The second-order valence-corrected chi connectivity index (χ2v) is 12.3. The van der Waals surface area contributed by atoms with Crippen LogP contribution in [-0.2, 0) is 0 Å². The van der Waals surface area contributed by atoms with Gasteiger partial charge in [0.1, 0.15) is 5.75 Å². The molecule has 0 amide bonds. The van der Waals surface area contributed by atoms with E-state index in [0.717, 1.165) is 43.4 Å². The predicted octanol–water partition coefficient (Wildman–Crippen LogP) is 5.36. The molecule has 0 aromatic heterocycles. The number of aliphatic hydroxyl groups is 1. The number of benzene rings is 1. The fraction of sp³-hybridized carbons (Fsp3) is 0.600. The van der Waals surface area contributed by atoms with Gasteiger partial charge in [0.2, 0.25) is 8.32 Å². The molecule has 0 aliphatic rings. The molecular weight excluding hydrogens is 300 g/mol. The zero-order valence-electron chi connectivity index (χ0n) is 15.4. The standard InChI is InChI=1S/C20H32O2Si/c1-20(2,3)23(4,5)22-19-15-13-18(14-16-19)12-10-8-6-7-9-11-17-21/h13-16,21H,6-9,11,17H2,1-5H3. The number of rotatable bonds is 7. The van der Waals surface area contributed by atoms with Gasteiger partial charge in [-0.25, -0.2) is 0 Å². The first-order chi connectivity index (χ1) is 10.8. The highest BCUT2D eigenvalue weighted by atomic mass is 28.4. The first-order valence-electron chi connectivity index (χ1n) is 8.65. The first kappa shape index (κ1) is 19.8. The molecule has 0 saturated carbocycles. The van der Waals surface area contributed by atoms with Crippen LogP contribution in [0.4, 0.5) is 0 Å². The van der Waals surface area contributed by atoms with Gasteiger partial charge in [0.15, 0.2) is 0 Å². The topological polar surface area (TPSA) is 29.5 Å². The van der Waals surface area contributed by atoms with Gasteiger partial charge in [-0.3, -0.25) is 0 Å². The van der Waals surface area contributed by atoms with Gasteiger partial charge in [-0.1, -0.05) is 45.5 Å². The molecule has 23 heavy (non-hydrogen) atoms. The molecule has 0 spiro atoms. The van der Waals surface area contributed by atoms with E-state index in [1.54, 1.807) is 0 Å². The minimum absolute atomic E-state index is 0.210. The van der Waals surface area contributed by atoms with Crippen LogP contribution in [0.3, 0.4) is 0 Å². The average molecular weight is 333 g/mol. The van der Waals surface area contributed by atoms with Gasteiger partial charge in [0, 0.05) is 18.6 Å². The monoisotopic (exact) mass is 332 g/mol. The molecule has 0 radical (unpaired) electrons. The lowest BCUT2D eigenvalue weighted by molar-refractivity contribution is 0.282. The van der Waals surface area contributed by atoms with E-state index in [2.05, 4.69) is 45.7 Å². The number of aliphatic hydroxyl groups excluding tert-OH is 1. The third-order valence-electron chi connectivity index (χ3n) is 4.48. The Hall–Kier alpha value is -1.24. The zero-order valence-corrected chi connectivity index (χ0v) is 16.4. The van der Waals surface area contributed by atoms with E-state index in [4.69, 9.17) is 9.53 Å². The Balaban J connectivity index is 2.48. The van der Waals surface area contributed by atoms with Crippen LogP contribution in [0.1, 0.15) is 58.4 Å². The van der Waals surface area contributed by atoms with Gasteiger partial charge in [-0.15, -0.1) is 0 Å². The molecule has 1 aromatic rings. The van der Waals surface area contributed by atoms with Gasteiger partial charge < -0.3 is 9.53 Å². The van der Waals surface area contributed by atoms with Crippen LogP contribution < -0.4 is 4.43 Å². The minimum Gasteiger partial charge on any atom is -0.544 e. The molecule has 1 rings (SSSR count). The Kier molecular flexibility index (Phi) is 7.88. The van der Waals surface area contributed by atoms with Gasteiger partial charge >= 0.3 is 0 Å². The lowest BCUT2D eigenvalue weighted by atomic mass is 10.1. The van der Waals surface area contributed by atoms with Crippen molar-refractivity contribution in [2.45, 2.75) is 71.0 Å². The summed E-state index contributed by atoms with van der Waals surface area (Å²) in [5.41, 5.74) is 1.04. The molecule has 2 nitrogen and oxygen atoms in total. The Bertz CT molecular complexity index is 515. The van der Waals surface area contributed by atoms with Crippen molar-refractivity contribution in [2.24, 2.45) is 0 Å². The van der Waals surface area contributed by atoms with Crippen LogP contribution >= 0.6 is 0 Å². The maximum atomic E-state index is 8.72. The smallest absolute Gasteiger partial charge is 0.250 e. The van der Waals surface area contributed by atoms with Crippen LogP contribution in [0.2, 0.25) is 18.1 Å². The number of hydrogen-bond donors (Lipinski definition) is 1. The van der Waals surface area contributed by atoms with E-state index in [1.165, 1.54) is 0 Å². The summed E-state index contributed by atoms with van der Waals surface area (Å²) in [5.74, 6) is 7.39. The molecule has 0 heterocycles. The molecule has 0 saturated heterocycles. The van der Waals surface area contributed by atoms with Crippen molar-refractivity contribution in [3.63, 3.8) is 0 Å². The molecule has 0 fully saturated rings. The molecule has 128 valence electrons. The summed E-state index contributed by atoms with van der Waals surface area (Å²) in [7, 11) is -1.76. The highest BCUT2D eigenvalue weighted by Gasteiger charge is 2.38. The van der Waals surface area contributed by atoms with Crippen LogP contribution in [0, 0.1) is 11.8 Å². The molecule has 3 heteroatoms. The van der Waals surface area contributed by atoms with E-state index in [1.807, 2.05) is 24.3 Å². The number of hydrogen-bond acceptors (Lipinski definition) is 2. The quantitative estimate of drug-likeness (QED) is 0.413. The van der Waals surface area contributed by atoms with Gasteiger partial charge in [-0.2, -0.15) is 0 Å². The molecule has 0 aliphatic carbocycles. The van der Waals surface area contributed by atoms with E-state index < -0.39 is 8.32 Å². The highest BCUT2D eigenvalue weighted by Crippen LogP contribution is 2.37. The van der Waals surface area contributed by atoms with Crippen molar-refractivity contribution in [3.05, 3.63) is 29.8 Å². The Morgan fingerprint density at radius 2 is 1.61 bits per heavy atom. The van der Waals surface area contributed by atoms with Gasteiger partial charge in [0.25, 0.3) is 0 Å². The summed E-state index contributed by atoms with van der Waals surface area (Å²) >= 11 is 0. The molecule has 0 atom stereocenters. The minimum atomic E-state index is -1.76. The maximum absolute atomic E-state index is 8.72. The molecule has 0 aliphatic heterocycles. The van der Waals surface area contributed by atoms with Crippen molar-refractivity contribution in [1.29, 1.82) is 0 Å². The molecular formula is C20H32O2Si. The van der Waals surface area contributed by atoms with Gasteiger partial charge in [0.05, 0.1) is 0 Å². The summed E-state index contributed by atoms with van der Waals surface area (Å²) in [6, 6.07) is 8.15. The summed E-state index contributed by atoms with van der Waals surface area (Å²) in [5, 5.41) is 8.93. The van der Waals surface area contributed by atoms with Crippen molar-refractivity contribution < 1.29 is 9.53 Å². The van der Waals surface area contributed by atoms with Crippen molar-refractivity contribution in [1.82, 2.24) is 0 Å². The van der Waals surface area contributed by atoms with E-state index >= 15 is 0 Å². The Morgan fingerprint density at radius 3 is 2.17 bits per heavy atom. The van der Waals surface area contributed by atoms with Crippen LogP contribution in [0.25, 0.3) is 0 Å². The average Bonchev–Trinajstić information content (AvgIpc) is 2.46. The lowest BCUT2D eigenvalue weighted by Gasteiger charge is -2.36. The summed E-state index contributed by atoms with van der Waals surface area (Å²) < 4.78 is 6.27. The van der Waals surface area contributed by atoms with Crippen molar-refractivity contribution >= 4 is 8.32 Å².